The second-order valence-corrected chi connectivity index (χ2v) is 4.48. The molecule has 0 aliphatic carbocycles. The highest BCUT2D eigenvalue weighted by Crippen LogP contribution is 2.23. The molecule has 0 saturated carbocycles. The minimum Gasteiger partial charge on any atom is -0.353 e. The first-order valence-electron chi connectivity index (χ1n) is 6.25. The Labute approximate surface area is 106 Å². The van der Waals surface area contributed by atoms with E-state index in [0.717, 1.165) is 43.3 Å². The van der Waals surface area contributed by atoms with Crippen LogP contribution < -0.4 is 10.2 Å². The summed E-state index contributed by atoms with van der Waals surface area (Å²) in [6, 6.07) is 6.18. The van der Waals surface area contributed by atoms with Crippen molar-refractivity contribution in [3.63, 3.8) is 0 Å². The van der Waals surface area contributed by atoms with Gasteiger partial charge >= 0.3 is 0 Å². The van der Waals surface area contributed by atoms with E-state index in [9.17, 15) is 0 Å². The summed E-state index contributed by atoms with van der Waals surface area (Å²) in [5, 5.41) is 7.96. The first kappa shape index (κ1) is 11.2. The van der Waals surface area contributed by atoms with Crippen molar-refractivity contribution in [2.24, 2.45) is 7.05 Å². The van der Waals surface area contributed by atoms with E-state index in [1.54, 1.807) is 0 Å². The number of nitrogens with one attached hydrogen (secondary N) is 1. The molecule has 0 amide bonds. The van der Waals surface area contributed by atoms with Crippen LogP contribution in [-0.2, 0) is 7.05 Å². The molecule has 5 nitrogen and oxygen atoms in total. The highest BCUT2D eigenvalue weighted by molar-refractivity contribution is 5.63. The minimum absolute atomic E-state index is 1.02. The predicted molar refractivity (Wildman–Crippen MR) is 71.5 cm³/mol. The number of aromatic nitrogens is 3. The van der Waals surface area contributed by atoms with Gasteiger partial charge in [-0.15, -0.1) is 0 Å². The van der Waals surface area contributed by atoms with Crippen LogP contribution in [0.5, 0.6) is 0 Å². The highest BCUT2D eigenvalue weighted by Gasteiger charge is 2.15. The van der Waals surface area contributed by atoms with Crippen LogP contribution in [0.15, 0.2) is 30.6 Å². The van der Waals surface area contributed by atoms with E-state index in [4.69, 9.17) is 0 Å². The van der Waals surface area contributed by atoms with Crippen LogP contribution in [0, 0.1) is 0 Å². The van der Waals surface area contributed by atoms with Crippen LogP contribution in [0.2, 0.25) is 0 Å². The Morgan fingerprint density at radius 2 is 1.89 bits per heavy atom. The third kappa shape index (κ3) is 2.09. The SMILES string of the molecule is Cn1nc(N2CCNCC2)cc1-c1ccncc1. The van der Waals surface area contributed by atoms with Crippen molar-refractivity contribution in [3.05, 3.63) is 30.6 Å². The van der Waals surface area contributed by atoms with Gasteiger partial charge in [0.15, 0.2) is 5.82 Å². The number of aryl methyl sites for hydroxylation is 1. The fourth-order valence-electron chi connectivity index (χ4n) is 2.29. The molecule has 18 heavy (non-hydrogen) atoms. The van der Waals surface area contributed by atoms with Crippen molar-refractivity contribution in [1.82, 2.24) is 20.1 Å². The van der Waals surface area contributed by atoms with Crippen molar-refractivity contribution < 1.29 is 0 Å². The maximum Gasteiger partial charge on any atom is 0.151 e. The van der Waals surface area contributed by atoms with Crippen LogP contribution in [0.4, 0.5) is 5.82 Å². The van der Waals surface area contributed by atoms with Gasteiger partial charge in [0.25, 0.3) is 0 Å². The Balaban J connectivity index is 1.91. The van der Waals surface area contributed by atoms with E-state index >= 15 is 0 Å². The van der Waals surface area contributed by atoms with Gasteiger partial charge in [-0.3, -0.25) is 9.67 Å². The van der Waals surface area contributed by atoms with Crippen LogP contribution in [0.1, 0.15) is 0 Å². The van der Waals surface area contributed by atoms with Gasteiger partial charge in [0.2, 0.25) is 0 Å². The summed E-state index contributed by atoms with van der Waals surface area (Å²) in [5.41, 5.74) is 2.28. The van der Waals surface area contributed by atoms with E-state index in [2.05, 4.69) is 26.4 Å². The average molecular weight is 243 g/mol. The zero-order chi connectivity index (χ0) is 12.4. The molecular formula is C13H17N5. The molecule has 94 valence electrons. The van der Waals surface area contributed by atoms with Gasteiger partial charge < -0.3 is 10.2 Å². The first-order valence-corrected chi connectivity index (χ1v) is 6.25. The molecule has 3 rings (SSSR count). The molecule has 2 aromatic heterocycles. The molecule has 0 radical (unpaired) electrons. The number of anilines is 1. The van der Waals surface area contributed by atoms with Crippen molar-refractivity contribution in [2.45, 2.75) is 0 Å². The highest BCUT2D eigenvalue weighted by atomic mass is 15.4. The van der Waals surface area contributed by atoms with E-state index in [0.29, 0.717) is 0 Å². The van der Waals surface area contributed by atoms with E-state index in [1.165, 1.54) is 0 Å². The molecular weight excluding hydrogens is 226 g/mol. The Hall–Kier alpha value is -1.88. The predicted octanol–water partition coefficient (Wildman–Crippen LogP) is 0.892. The standard InChI is InChI=1S/C13H17N5/c1-17-12(11-2-4-14-5-3-11)10-13(16-17)18-8-6-15-7-9-18/h2-5,10,15H,6-9H2,1H3. The summed E-state index contributed by atoms with van der Waals surface area (Å²) in [7, 11) is 1.99. The van der Waals surface area contributed by atoms with Gasteiger partial charge in [0.05, 0.1) is 5.69 Å². The quantitative estimate of drug-likeness (QED) is 0.851. The van der Waals surface area contributed by atoms with E-state index < -0.39 is 0 Å². The molecule has 5 heteroatoms. The number of hydrogen-bond acceptors (Lipinski definition) is 4. The minimum atomic E-state index is 1.02. The first-order chi connectivity index (χ1) is 8.84. The van der Waals surface area contributed by atoms with Gasteiger partial charge in [-0.25, -0.2) is 0 Å². The number of piperazine rings is 1. The molecule has 0 spiro atoms. The van der Waals surface area contributed by atoms with Crippen LogP contribution in [-0.4, -0.2) is 40.9 Å². The Bertz CT molecular complexity index is 513. The van der Waals surface area contributed by atoms with Crippen molar-refractivity contribution in [3.8, 4) is 11.3 Å². The lowest BCUT2D eigenvalue weighted by molar-refractivity contribution is 0.581. The van der Waals surface area contributed by atoms with Gasteiger partial charge in [-0.05, 0) is 12.1 Å². The second kappa shape index (κ2) is 4.78. The summed E-state index contributed by atoms with van der Waals surface area (Å²) in [4.78, 5) is 6.37. The number of nitrogens with zero attached hydrogens (tertiary/aromatic N) is 4. The molecule has 0 unspecified atom stereocenters. The Kier molecular flexibility index (Phi) is 2.98. The number of rotatable bonds is 2. The molecule has 0 bridgehead atoms. The lowest BCUT2D eigenvalue weighted by atomic mass is 10.2. The van der Waals surface area contributed by atoms with Gasteiger partial charge in [0.1, 0.15) is 0 Å². The molecule has 0 aromatic carbocycles. The van der Waals surface area contributed by atoms with Crippen molar-refractivity contribution >= 4 is 5.82 Å². The van der Waals surface area contributed by atoms with E-state index in [-0.39, 0.29) is 0 Å². The number of hydrogen-bond donors (Lipinski definition) is 1. The molecule has 1 fully saturated rings. The zero-order valence-electron chi connectivity index (χ0n) is 10.5. The molecule has 3 heterocycles. The largest absolute Gasteiger partial charge is 0.353 e. The van der Waals surface area contributed by atoms with Gasteiger partial charge in [0, 0.05) is 57.3 Å². The second-order valence-electron chi connectivity index (χ2n) is 4.48. The van der Waals surface area contributed by atoms with Crippen LogP contribution in [0.25, 0.3) is 11.3 Å². The van der Waals surface area contributed by atoms with E-state index in [1.807, 2.05) is 36.3 Å². The van der Waals surface area contributed by atoms with Gasteiger partial charge in [-0.1, -0.05) is 0 Å². The Morgan fingerprint density at radius 1 is 1.17 bits per heavy atom. The molecule has 1 saturated heterocycles. The maximum atomic E-state index is 4.61. The van der Waals surface area contributed by atoms with Crippen molar-refractivity contribution in [2.75, 3.05) is 31.1 Å². The summed E-state index contributed by atoms with van der Waals surface area (Å²) < 4.78 is 1.94. The summed E-state index contributed by atoms with van der Waals surface area (Å²) in [6.07, 6.45) is 3.62. The summed E-state index contributed by atoms with van der Waals surface area (Å²) in [6.45, 7) is 4.10. The maximum absolute atomic E-state index is 4.61. The third-order valence-electron chi connectivity index (χ3n) is 3.28. The smallest absolute Gasteiger partial charge is 0.151 e. The van der Waals surface area contributed by atoms with Crippen LogP contribution in [0.3, 0.4) is 0 Å². The average Bonchev–Trinajstić information content (AvgIpc) is 2.83. The monoisotopic (exact) mass is 243 g/mol. The number of pyridine rings is 1. The topological polar surface area (TPSA) is 46.0 Å². The lowest BCUT2D eigenvalue weighted by Gasteiger charge is -2.27. The summed E-state index contributed by atoms with van der Waals surface area (Å²) in [5.74, 6) is 1.06. The lowest BCUT2D eigenvalue weighted by Crippen LogP contribution is -2.43. The normalized spacial score (nSPS) is 15.9. The summed E-state index contributed by atoms with van der Waals surface area (Å²) >= 11 is 0. The third-order valence-corrected chi connectivity index (χ3v) is 3.28. The molecule has 0 atom stereocenters. The molecule has 1 aliphatic heterocycles. The zero-order valence-corrected chi connectivity index (χ0v) is 10.5. The molecule has 1 N–H and O–H groups in total. The van der Waals surface area contributed by atoms with Gasteiger partial charge in [-0.2, -0.15) is 5.10 Å². The molecule has 1 aliphatic rings. The fraction of sp³-hybridized carbons (Fsp3) is 0.385. The molecule has 2 aromatic rings. The van der Waals surface area contributed by atoms with Crippen molar-refractivity contribution in [1.29, 1.82) is 0 Å². The van der Waals surface area contributed by atoms with Crippen LogP contribution >= 0.6 is 0 Å². The Morgan fingerprint density at radius 3 is 2.61 bits per heavy atom. The fourth-order valence-corrected chi connectivity index (χ4v) is 2.29.